The van der Waals surface area contributed by atoms with Gasteiger partial charge in [0, 0.05) is 36.0 Å². The van der Waals surface area contributed by atoms with Crippen LogP contribution in [0.5, 0.6) is 11.5 Å². The van der Waals surface area contributed by atoms with Crippen molar-refractivity contribution < 1.29 is 51.7 Å². The van der Waals surface area contributed by atoms with Gasteiger partial charge in [0.05, 0.1) is 33.4 Å². The predicted octanol–water partition coefficient (Wildman–Crippen LogP) is 4.05. The molecule has 0 unspecified atom stereocenters. The highest BCUT2D eigenvalue weighted by Crippen LogP contribution is 2.44. The lowest BCUT2D eigenvalue weighted by Crippen LogP contribution is -2.65. The van der Waals surface area contributed by atoms with Crippen LogP contribution in [0.25, 0.3) is 0 Å². The summed E-state index contributed by atoms with van der Waals surface area (Å²) in [4.78, 5) is 23.1. The molecule has 4 fully saturated rings. The van der Waals surface area contributed by atoms with E-state index in [1.54, 1.807) is 7.11 Å². The van der Waals surface area contributed by atoms with Crippen LogP contribution < -0.4 is 14.6 Å². The number of halogens is 3. The molecule has 42 heavy (non-hydrogen) atoms. The van der Waals surface area contributed by atoms with Gasteiger partial charge in [-0.05, 0) is 48.6 Å². The Bertz CT molecular complexity index is 1160. The molecule has 0 amide bonds. The molecule has 0 radical (unpaired) electrons. The zero-order valence-electron chi connectivity index (χ0n) is 23.6. The van der Waals surface area contributed by atoms with Crippen molar-refractivity contribution in [3.8, 4) is 11.5 Å². The summed E-state index contributed by atoms with van der Waals surface area (Å²) in [6.45, 7) is 4.82. The van der Waals surface area contributed by atoms with E-state index in [1.165, 1.54) is 11.3 Å². The van der Waals surface area contributed by atoms with Crippen LogP contribution in [0.15, 0.2) is 41.8 Å². The van der Waals surface area contributed by atoms with Crippen molar-refractivity contribution in [2.24, 2.45) is 11.8 Å². The minimum absolute atomic E-state index is 0.0482. The van der Waals surface area contributed by atoms with E-state index in [-0.39, 0.29) is 12.0 Å². The number of alkyl halides is 3. The number of fused-ring (bicyclic) bond motifs is 3. The molecule has 3 aliphatic heterocycles. The SMILES string of the molecule is COc1ccc(OCCC[N+]23CCC(CC2)[C@@H](OC(=O)[C@](O)(c2cccs2)C2CCCC2)C3)cc1.O=C([O-])C(F)(F)F. The van der Waals surface area contributed by atoms with Crippen molar-refractivity contribution in [3.05, 3.63) is 46.7 Å². The topological polar surface area (TPSA) is 105 Å². The van der Waals surface area contributed by atoms with Crippen LogP contribution in [0.4, 0.5) is 13.2 Å². The van der Waals surface area contributed by atoms with Gasteiger partial charge in [-0.15, -0.1) is 11.3 Å². The van der Waals surface area contributed by atoms with Crippen LogP contribution in [0.1, 0.15) is 49.8 Å². The van der Waals surface area contributed by atoms with Crippen LogP contribution in [-0.4, -0.2) is 73.7 Å². The Morgan fingerprint density at radius 2 is 1.67 bits per heavy atom. The lowest BCUT2D eigenvalue weighted by atomic mass is 9.82. The summed E-state index contributed by atoms with van der Waals surface area (Å²) in [6.07, 6.45) is 1.71. The lowest BCUT2D eigenvalue weighted by molar-refractivity contribution is -0.946. The van der Waals surface area contributed by atoms with Gasteiger partial charge in [0.1, 0.15) is 24.0 Å². The number of aliphatic hydroxyl groups is 1. The summed E-state index contributed by atoms with van der Waals surface area (Å²) in [5.41, 5.74) is -1.51. The number of piperidine rings is 3. The number of hydrogen-bond donors (Lipinski definition) is 1. The number of aliphatic carboxylic acids is 1. The number of carbonyl (C=O) groups excluding carboxylic acids is 2. The summed E-state index contributed by atoms with van der Waals surface area (Å²) >= 11 is 1.46. The smallest absolute Gasteiger partial charge is 0.430 e. The van der Waals surface area contributed by atoms with Gasteiger partial charge in [-0.25, -0.2) is 4.79 Å². The number of nitrogens with zero attached hydrogens (tertiary/aromatic N) is 1. The van der Waals surface area contributed by atoms with E-state index >= 15 is 0 Å². The summed E-state index contributed by atoms with van der Waals surface area (Å²) in [7, 11) is 1.66. The molecule has 3 saturated heterocycles. The first-order valence-electron chi connectivity index (χ1n) is 14.3. The van der Waals surface area contributed by atoms with Gasteiger partial charge in [0.15, 0.2) is 11.7 Å². The highest BCUT2D eigenvalue weighted by molar-refractivity contribution is 7.10. The fraction of sp³-hybridized carbons (Fsp3) is 0.600. The van der Waals surface area contributed by atoms with E-state index < -0.39 is 23.7 Å². The Hall–Kier alpha value is -2.83. The number of rotatable bonds is 10. The molecule has 8 nitrogen and oxygen atoms in total. The normalized spacial score (nSPS) is 25.2. The number of carbonyl (C=O) groups is 2. The van der Waals surface area contributed by atoms with Gasteiger partial charge in [0.2, 0.25) is 0 Å². The molecule has 6 rings (SSSR count). The van der Waals surface area contributed by atoms with Crippen molar-refractivity contribution in [1.29, 1.82) is 0 Å². The standard InChI is InChI=1S/C28H38NO5S.C2HF3O2/c1-32-23-9-11-24(12-10-23)33-18-5-15-29-16-13-21(14-17-29)25(20-29)34-27(30)28(31,22-6-2-3-7-22)26-8-4-19-35-26;3-2(4,5)1(6)7/h4,8-12,19,21-22,25,31H,2-3,5-7,13-18,20H2,1H3;(H,6,7)/q+1;/p-1/t21?,25-,28+,29?;/m0./s1. The molecule has 2 bridgehead atoms. The van der Waals surface area contributed by atoms with Gasteiger partial charge >= 0.3 is 12.1 Å². The Morgan fingerprint density at radius 1 is 1.05 bits per heavy atom. The van der Waals surface area contributed by atoms with Crippen LogP contribution in [0.2, 0.25) is 0 Å². The first-order chi connectivity index (χ1) is 20.0. The molecule has 1 aliphatic carbocycles. The maximum atomic E-state index is 13.6. The number of esters is 1. The van der Waals surface area contributed by atoms with Crippen molar-refractivity contribution in [2.75, 3.05) is 39.9 Å². The van der Waals surface area contributed by atoms with Crippen molar-refractivity contribution >= 4 is 23.3 Å². The highest BCUT2D eigenvalue weighted by atomic mass is 32.1. The second-order valence-corrected chi connectivity index (χ2v) is 12.3. The van der Waals surface area contributed by atoms with E-state index in [9.17, 15) is 23.1 Å². The molecule has 2 aromatic rings. The molecule has 4 heterocycles. The third-order valence-corrected chi connectivity index (χ3v) is 9.78. The molecular formula is C30H38F3NO7S. The van der Waals surface area contributed by atoms with Gasteiger partial charge < -0.3 is 33.7 Å². The third-order valence-electron chi connectivity index (χ3n) is 8.79. The molecule has 0 spiro atoms. The number of carboxylic acids is 1. The average molecular weight is 614 g/mol. The van der Waals surface area contributed by atoms with E-state index in [0.717, 1.165) is 92.0 Å². The maximum absolute atomic E-state index is 13.6. The van der Waals surface area contributed by atoms with Crippen molar-refractivity contribution in [2.45, 2.75) is 62.8 Å². The molecule has 232 valence electrons. The average Bonchev–Trinajstić information content (AvgIpc) is 3.72. The summed E-state index contributed by atoms with van der Waals surface area (Å²) < 4.78 is 49.9. The number of quaternary nitrogens is 1. The molecule has 4 aliphatic rings. The van der Waals surface area contributed by atoms with Crippen molar-refractivity contribution in [3.63, 3.8) is 0 Å². The second-order valence-electron chi connectivity index (χ2n) is 11.4. The molecule has 1 aromatic heterocycles. The molecule has 1 saturated carbocycles. The fourth-order valence-electron chi connectivity index (χ4n) is 6.47. The summed E-state index contributed by atoms with van der Waals surface area (Å²) in [5.74, 6) is -1.39. The molecule has 1 aromatic carbocycles. The van der Waals surface area contributed by atoms with E-state index in [4.69, 9.17) is 24.1 Å². The first kappa shape index (κ1) is 32.1. The molecule has 2 atom stereocenters. The minimum Gasteiger partial charge on any atom is -0.542 e. The highest BCUT2D eigenvalue weighted by Gasteiger charge is 2.53. The number of ether oxygens (including phenoxy) is 3. The maximum Gasteiger partial charge on any atom is 0.430 e. The molecular weight excluding hydrogens is 575 g/mol. The van der Waals surface area contributed by atoms with E-state index in [0.29, 0.717) is 12.5 Å². The van der Waals surface area contributed by atoms with Crippen LogP contribution >= 0.6 is 11.3 Å². The zero-order valence-corrected chi connectivity index (χ0v) is 24.5. The Morgan fingerprint density at radius 3 is 2.21 bits per heavy atom. The van der Waals surface area contributed by atoms with Gasteiger partial charge in [-0.1, -0.05) is 18.9 Å². The fourth-order valence-corrected chi connectivity index (χ4v) is 7.36. The van der Waals surface area contributed by atoms with E-state index in [2.05, 4.69) is 0 Å². The number of hydrogen-bond acceptors (Lipinski definition) is 8. The summed E-state index contributed by atoms with van der Waals surface area (Å²) in [6, 6.07) is 11.5. The van der Waals surface area contributed by atoms with Crippen LogP contribution in [0.3, 0.4) is 0 Å². The minimum atomic E-state index is -5.19. The third kappa shape index (κ3) is 7.57. The van der Waals surface area contributed by atoms with Gasteiger partial charge in [0.25, 0.3) is 0 Å². The van der Waals surface area contributed by atoms with Crippen LogP contribution in [-0.2, 0) is 19.9 Å². The first-order valence-corrected chi connectivity index (χ1v) is 15.2. The molecule has 12 heteroatoms. The zero-order chi connectivity index (χ0) is 30.4. The number of benzene rings is 1. The second kappa shape index (κ2) is 13.6. The predicted molar refractivity (Wildman–Crippen MR) is 147 cm³/mol. The quantitative estimate of drug-likeness (QED) is 0.245. The van der Waals surface area contributed by atoms with Crippen LogP contribution in [0, 0.1) is 11.8 Å². The monoisotopic (exact) mass is 613 g/mol. The van der Waals surface area contributed by atoms with E-state index in [1.807, 2.05) is 41.8 Å². The number of carboxylic acid groups (broad SMARTS) is 1. The van der Waals surface area contributed by atoms with Gasteiger partial charge in [-0.2, -0.15) is 13.2 Å². The Balaban J connectivity index is 0.000000517. The number of methoxy groups -OCH3 is 1. The Kier molecular flexibility index (Phi) is 10.4. The number of thiophene rings is 1. The lowest BCUT2D eigenvalue weighted by Gasteiger charge is -2.52. The molecule has 1 N–H and O–H groups in total. The summed E-state index contributed by atoms with van der Waals surface area (Å²) in [5, 5.41) is 22.4. The Labute approximate surface area is 247 Å². The largest absolute Gasteiger partial charge is 0.542 e. The van der Waals surface area contributed by atoms with Gasteiger partial charge in [-0.3, -0.25) is 0 Å². The van der Waals surface area contributed by atoms with Crippen molar-refractivity contribution in [1.82, 2.24) is 0 Å².